The number of hydrogen-bond donors (Lipinski definition) is 2. The molecule has 0 aromatic carbocycles. The number of hydrogen-bond acceptors (Lipinski definition) is 5. The van der Waals surface area contributed by atoms with Gasteiger partial charge in [-0.3, -0.25) is 4.79 Å². The van der Waals surface area contributed by atoms with Gasteiger partial charge in [-0.15, -0.1) is 0 Å². The lowest BCUT2D eigenvalue weighted by Gasteiger charge is -2.42. The maximum absolute atomic E-state index is 13.5. The number of allylic oxidation sites excluding steroid dienone is 4. The molecule has 28 heavy (non-hydrogen) atoms. The normalized spacial score (nSPS) is 32.1. The smallest absolute Gasteiger partial charge is 0.416 e. The Bertz CT molecular complexity index is 639. The summed E-state index contributed by atoms with van der Waals surface area (Å²) >= 11 is 0. The van der Waals surface area contributed by atoms with Gasteiger partial charge in [0, 0.05) is 30.7 Å². The molecular formula is C20H29F3N2O3. The molecule has 3 rings (SSSR count). The predicted molar refractivity (Wildman–Crippen MR) is 98.2 cm³/mol. The summed E-state index contributed by atoms with van der Waals surface area (Å²) < 4.78 is 45.2. The van der Waals surface area contributed by atoms with Crippen molar-refractivity contribution in [1.29, 1.82) is 0 Å². The Hall–Kier alpha value is -1.54. The van der Waals surface area contributed by atoms with Crippen molar-refractivity contribution in [3.63, 3.8) is 0 Å². The minimum atomic E-state index is -4.38. The monoisotopic (exact) mass is 402 g/mol. The molecule has 2 saturated heterocycles. The molecule has 0 bridgehead atoms. The zero-order chi connectivity index (χ0) is 20.5. The van der Waals surface area contributed by atoms with Crippen LogP contribution >= 0.6 is 0 Å². The number of ether oxygens (including phenoxy) is 1. The highest BCUT2D eigenvalue weighted by Crippen LogP contribution is 2.44. The van der Waals surface area contributed by atoms with Gasteiger partial charge in [-0.25, -0.2) is 0 Å². The molecule has 2 heterocycles. The lowest BCUT2D eigenvalue weighted by Crippen LogP contribution is -2.42. The van der Waals surface area contributed by atoms with E-state index >= 15 is 0 Å². The maximum atomic E-state index is 13.5. The number of aliphatic hydroxyl groups is 1. The van der Waals surface area contributed by atoms with Crippen molar-refractivity contribution in [2.75, 3.05) is 33.4 Å². The van der Waals surface area contributed by atoms with Gasteiger partial charge in [-0.05, 0) is 43.7 Å². The van der Waals surface area contributed by atoms with Crippen LogP contribution in [0.5, 0.6) is 0 Å². The van der Waals surface area contributed by atoms with Gasteiger partial charge in [0.25, 0.3) is 0 Å². The van der Waals surface area contributed by atoms with E-state index < -0.39 is 11.7 Å². The van der Waals surface area contributed by atoms with E-state index in [0.29, 0.717) is 32.5 Å². The molecule has 2 fully saturated rings. The molecule has 0 amide bonds. The van der Waals surface area contributed by atoms with Gasteiger partial charge < -0.3 is 20.1 Å². The van der Waals surface area contributed by atoms with E-state index in [1.807, 2.05) is 11.8 Å². The Kier molecular flexibility index (Phi) is 6.39. The molecular weight excluding hydrogens is 373 g/mol. The van der Waals surface area contributed by atoms with Gasteiger partial charge in [-0.2, -0.15) is 13.2 Å². The topological polar surface area (TPSA) is 61.8 Å². The van der Waals surface area contributed by atoms with Crippen molar-refractivity contribution in [3.8, 4) is 0 Å². The Morgan fingerprint density at radius 3 is 2.57 bits per heavy atom. The highest BCUT2D eigenvalue weighted by atomic mass is 19.4. The molecule has 4 atom stereocenters. The van der Waals surface area contributed by atoms with E-state index in [0.717, 1.165) is 12.1 Å². The highest BCUT2D eigenvalue weighted by molar-refractivity contribution is 5.72. The van der Waals surface area contributed by atoms with E-state index in [1.54, 1.807) is 0 Å². The summed E-state index contributed by atoms with van der Waals surface area (Å²) in [6.07, 6.45) is 0.167. The maximum Gasteiger partial charge on any atom is 0.416 e. The van der Waals surface area contributed by atoms with Crippen LogP contribution in [-0.4, -0.2) is 61.5 Å². The third-order valence-corrected chi connectivity index (χ3v) is 6.36. The lowest BCUT2D eigenvalue weighted by atomic mass is 9.74. The second-order valence-corrected chi connectivity index (χ2v) is 8.14. The first-order chi connectivity index (χ1) is 13.2. The number of alkyl halides is 3. The second-order valence-electron chi connectivity index (χ2n) is 8.14. The summed E-state index contributed by atoms with van der Waals surface area (Å²) in [5.41, 5.74) is 0.127. The molecule has 0 aromatic rings. The molecule has 3 aliphatic rings. The molecule has 0 radical (unpaired) electrons. The van der Waals surface area contributed by atoms with Crippen LogP contribution in [0.25, 0.3) is 0 Å². The Morgan fingerprint density at radius 2 is 2.04 bits per heavy atom. The standard InChI is InChI=1S/C20H29F3N2O3/c1-12-7-15(20(21,22)23)9-17(18(12)14-8-16(11-26)24-10-14)25-5-3-13(4-6-25)19(27)28-2/h7,9,12-14,16,18,24,26H,3-6,8,10-11H2,1-2H3/t12?,14-,16+,18?/m1/s1. The number of piperidine rings is 1. The number of carbonyl (C=O) groups excluding carboxylic acids is 1. The first-order valence-electron chi connectivity index (χ1n) is 9.92. The lowest BCUT2D eigenvalue weighted by molar-refractivity contribution is -0.146. The number of carbonyl (C=O) groups is 1. The molecule has 2 N–H and O–H groups in total. The molecule has 158 valence electrons. The largest absolute Gasteiger partial charge is 0.469 e. The molecule has 1 aliphatic carbocycles. The van der Waals surface area contributed by atoms with E-state index in [9.17, 15) is 23.1 Å². The van der Waals surface area contributed by atoms with Gasteiger partial charge in [0.2, 0.25) is 0 Å². The SMILES string of the molecule is COC(=O)C1CCN(C2=CC(C(F)(F)F)=CC(C)C2[C@H]2CN[C@H](CO)C2)CC1. The van der Waals surface area contributed by atoms with Crippen LogP contribution in [0.2, 0.25) is 0 Å². The molecule has 2 aliphatic heterocycles. The number of esters is 1. The predicted octanol–water partition coefficient (Wildman–Crippen LogP) is 2.48. The van der Waals surface area contributed by atoms with E-state index in [1.165, 1.54) is 19.3 Å². The molecule has 0 spiro atoms. The fourth-order valence-corrected chi connectivity index (χ4v) is 4.91. The minimum absolute atomic E-state index is 0.00324. The van der Waals surface area contributed by atoms with Crippen molar-refractivity contribution >= 4 is 5.97 Å². The molecule has 8 heteroatoms. The average Bonchev–Trinajstić information content (AvgIpc) is 3.14. The van der Waals surface area contributed by atoms with Gasteiger partial charge in [0.15, 0.2) is 0 Å². The van der Waals surface area contributed by atoms with E-state index in [4.69, 9.17) is 4.74 Å². The molecule has 0 aromatic heterocycles. The summed E-state index contributed by atoms with van der Waals surface area (Å²) in [6.45, 7) is 3.65. The van der Waals surface area contributed by atoms with Crippen molar-refractivity contribution in [2.45, 2.75) is 38.4 Å². The van der Waals surface area contributed by atoms with Crippen LogP contribution in [0, 0.1) is 23.7 Å². The van der Waals surface area contributed by atoms with Gasteiger partial charge >= 0.3 is 12.1 Å². The number of halogens is 3. The van der Waals surface area contributed by atoms with Crippen LogP contribution < -0.4 is 5.32 Å². The van der Waals surface area contributed by atoms with Crippen LogP contribution in [-0.2, 0) is 9.53 Å². The molecule has 5 nitrogen and oxygen atoms in total. The zero-order valence-electron chi connectivity index (χ0n) is 16.3. The summed E-state index contributed by atoms with van der Waals surface area (Å²) in [5, 5.41) is 12.7. The Labute approximate surface area is 163 Å². The summed E-state index contributed by atoms with van der Waals surface area (Å²) in [4.78, 5) is 13.8. The van der Waals surface area contributed by atoms with Crippen molar-refractivity contribution in [1.82, 2.24) is 10.2 Å². The number of methoxy groups -OCH3 is 1. The third-order valence-electron chi connectivity index (χ3n) is 6.36. The fourth-order valence-electron chi connectivity index (χ4n) is 4.91. The first kappa shape index (κ1) is 21.2. The van der Waals surface area contributed by atoms with Crippen LogP contribution in [0.3, 0.4) is 0 Å². The number of aliphatic hydroxyl groups excluding tert-OH is 1. The summed E-state index contributed by atoms with van der Waals surface area (Å²) in [5.74, 6) is -0.554. The highest BCUT2D eigenvalue weighted by Gasteiger charge is 2.43. The number of rotatable bonds is 4. The first-order valence-corrected chi connectivity index (χ1v) is 9.92. The second kappa shape index (κ2) is 8.45. The van der Waals surface area contributed by atoms with E-state index in [2.05, 4.69) is 5.32 Å². The minimum Gasteiger partial charge on any atom is -0.469 e. The van der Waals surface area contributed by atoms with Crippen LogP contribution in [0.4, 0.5) is 13.2 Å². The zero-order valence-corrected chi connectivity index (χ0v) is 16.3. The number of nitrogens with zero attached hydrogens (tertiary/aromatic N) is 1. The van der Waals surface area contributed by atoms with Gasteiger partial charge in [-0.1, -0.05) is 13.0 Å². The summed E-state index contributed by atoms with van der Waals surface area (Å²) in [7, 11) is 1.36. The number of likely N-dealkylation sites (tertiary alicyclic amines) is 1. The third kappa shape index (κ3) is 4.38. The molecule has 2 unspecified atom stereocenters. The molecule has 0 saturated carbocycles. The van der Waals surface area contributed by atoms with Crippen LogP contribution in [0.15, 0.2) is 23.4 Å². The van der Waals surface area contributed by atoms with Crippen LogP contribution in [0.1, 0.15) is 26.2 Å². The fraction of sp³-hybridized carbons (Fsp3) is 0.750. The Balaban J connectivity index is 1.83. The summed E-state index contributed by atoms with van der Waals surface area (Å²) in [6, 6.07) is -0.00324. The number of nitrogens with one attached hydrogen (secondary N) is 1. The van der Waals surface area contributed by atoms with Gasteiger partial charge in [0.05, 0.1) is 25.2 Å². The average molecular weight is 402 g/mol. The van der Waals surface area contributed by atoms with Crippen molar-refractivity contribution in [2.24, 2.45) is 23.7 Å². The van der Waals surface area contributed by atoms with E-state index in [-0.39, 0.29) is 42.3 Å². The quantitative estimate of drug-likeness (QED) is 0.708. The van der Waals surface area contributed by atoms with Gasteiger partial charge in [0.1, 0.15) is 0 Å². The Morgan fingerprint density at radius 1 is 1.36 bits per heavy atom. The van der Waals surface area contributed by atoms with Crippen molar-refractivity contribution in [3.05, 3.63) is 23.4 Å². The van der Waals surface area contributed by atoms with Crippen molar-refractivity contribution < 1.29 is 27.8 Å².